The van der Waals surface area contributed by atoms with Crippen molar-refractivity contribution in [1.82, 2.24) is 14.1 Å². The molecule has 0 atom stereocenters. The first kappa shape index (κ1) is 18.2. The Balaban J connectivity index is 1.67. The standard InChI is InChI=1S/C19H20ClN3O3/c1-2-10-22-15-5-3-4-6-16(15)23(19(22)25)11-9-18(24)26-13-14-7-8-17(20)21-12-14/h3-8,12H,2,9-11,13H2,1H3. The molecule has 0 spiro atoms. The zero-order valence-corrected chi connectivity index (χ0v) is 15.3. The Morgan fingerprint density at radius 2 is 1.81 bits per heavy atom. The SMILES string of the molecule is CCCn1c(=O)n(CCC(=O)OCc2ccc(Cl)nc2)c2ccccc21. The molecule has 2 heterocycles. The Bertz CT molecular complexity index is 960. The first-order valence-corrected chi connectivity index (χ1v) is 8.92. The quantitative estimate of drug-likeness (QED) is 0.470. The number of ether oxygens (including phenoxy) is 1. The second-order valence-corrected chi connectivity index (χ2v) is 6.36. The molecular weight excluding hydrogens is 354 g/mol. The number of pyridine rings is 1. The Hall–Kier alpha value is -2.60. The highest BCUT2D eigenvalue weighted by Crippen LogP contribution is 2.14. The summed E-state index contributed by atoms with van der Waals surface area (Å²) in [5, 5.41) is 0.392. The van der Waals surface area contributed by atoms with Crippen molar-refractivity contribution in [2.24, 2.45) is 0 Å². The van der Waals surface area contributed by atoms with Crippen LogP contribution in [0.3, 0.4) is 0 Å². The maximum Gasteiger partial charge on any atom is 0.329 e. The van der Waals surface area contributed by atoms with Crippen LogP contribution in [0.5, 0.6) is 0 Å². The summed E-state index contributed by atoms with van der Waals surface area (Å²) in [5.74, 6) is -0.362. The van der Waals surface area contributed by atoms with E-state index in [9.17, 15) is 9.59 Å². The van der Waals surface area contributed by atoms with E-state index in [1.165, 1.54) is 0 Å². The first-order chi connectivity index (χ1) is 12.6. The van der Waals surface area contributed by atoms with Crippen molar-refractivity contribution < 1.29 is 9.53 Å². The lowest BCUT2D eigenvalue weighted by Gasteiger charge is -2.06. The number of para-hydroxylation sites is 2. The molecule has 0 aliphatic rings. The van der Waals surface area contributed by atoms with Crippen LogP contribution in [0.1, 0.15) is 25.3 Å². The molecule has 0 saturated heterocycles. The Labute approximate surface area is 156 Å². The number of carbonyl (C=O) groups excluding carboxylic acids is 1. The fourth-order valence-electron chi connectivity index (χ4n) is 2.86. The molecule has 0 N–H and O–H groups in total. The van der Waals surface area contributed by atoms with Gasteiger partial charge in [-0.1, -0.05) is 36.7 Å². The summed E-state index contributed by atoms with van der Waals surface area (Å²) >= 11 is 5.73. The molecule has 0 unspecified atom stereocenters. The van der Waals surface area contributed by atoms with Gasteiger partial charge in [0.1, 0.15) is 11.8 Å². The van der Waals surface area contributed by atoms with E-state index < -0.39 is 0 Å². The van der Waals surface area contributed by atoms with Crippen LogP contribution in [0.15, 0.2) is 47.4 Å². The number of aromatic nitrogens is 3. The minimum Gasteiger partial charge on any atom is -0.461 e. The molecule has 136 valence electrons. The number of fused-ring (bicyclic) bond motifs is 1. The van der Waals surface area contributed by atoms with Gasteiger partial charge in [0.15, 0.2) is 0 Å². The van der Waals surface area contributed by atoms with Gasteiger partial charge in [-0.25, -0.2) is 9.78 Å². The lowest BCUT2D eigenvalue weighted by atomic mass is 10.3. The van der Waals surface area contributed by atoms with Crippen LogP contribution in [0.25, 0.3) is 11.0 Å². The van der Waals surface area contributed by atoms with E-state index in [1.54, 1.807) is 27.5 Å². The third kappa shape index (κ3) is 3.96. The number of benzene rings is 1. The van der Waals surface area contributed by atoms with Crippen LogP contribution >= 0.6 is 11.6 Å². The molecule has 0 amide bonds. The average molecular weight is 374 g/mol. The van der Waals surface area contributed by atoms with E-state index in [0.717, 1.165) is 23.0 Å². The summed E-state index contributed by atoms with van der Waals surface area (Å²) in [6.07, 6.45) is 2.56. The molecule has 7 heteroatoms. The predicted molar refractivity (Wildman–Crippen MR) is 100 cm³/mol. The van der Waals surface area contributed by atoms with Gasteiger partial charge in [0.2, 0.25) is 0 Å². The van der Waals surface area contributed by atoms with Gasteiger partial charge in [0, 0.05) is 24.8 Å². The van der Waals surface area contributed by atoms with Gasteiger partial charge in [-0.3, -0.25) is 13.9 Å². The molecule has 0 radical (unpaired) electrons. The highest BCUT2D eigenvalue weighted by Gasteiger charge is 2.13. The molecule has 0 bridgehead atoms. The summed E-state index contributed by atoms with van der Waals surface area (Å²) in [7, 11) is 0. The van der Waals surface area contributed by atoms with Crippen molar-refractivity contribution in [3.05, 3.63) is 63.8 Å². The second kappa shape index (κ2) is 8.19. The van der Waals surface area contributed by atoms with Crippen molar-refractivity contribution in [2.45, 2.75) is 39.5 Å². The molecule has 0 saturated carbocycles. The molecule has 0 aliphatic heterocycles. The smallest absolute Gasteiger partial charge is 0.329 e. The molecule has 0 aliphatic carbocycles. The summed E-state index contributed by atoms with van der Waals surface area (Å²) in [6.45, 7) is 3.10. The number of halogens is 1. The van der Waals surface area contributed by atoms with Crippen molar-refractivity contribution in [3.63, 3.8) is 0 Å². The van der Waals surface area contributed by atoms with Gasteiger partial charge >= 0.3 is 11.7 Å². The number of hydrogen-bond acceptors (Lipinski definition) is 4. The highest BCUT2D eigenvalue weighted by molar-refractivity contribution is 6.29. The molecule has 3 rings (SSSR count). The molecule has 3 aromatic rings. The molecule has 6 nitrogen and oxygen atoms in total. The highest BCUT2D eigenvalue weighted by atomic mass is 35.5. The lowest BCUT2D eigenvalue weighted by Crippen LogP contribution is -2.25. The maximum absolute atomic E-state index is 12.7. The zero-order chi connectivity index (χ0) is 18.5. The summed E-state index contributed by atoms with van der Waals surface area (Å²) < 4.78 is 8.64. The van der Waals surface area contributed by atoms with E-state index in [4.69, 9.17) is 16.3 Å². The number of imidazole rings is 1. The Morgan fingerprint density at radius 1 is 1.12 bits per heavy atom. The Morgan fingerprint density at radius 3 is 2.42 bits per heavy atom. The van der Waals surface area contributed by atoms with Crippen LogP contribution < -0.4 is 5.69 Å². The van der Waals surface area contributed by atoms with Crippen molar-refractivity contribution in [2.75, 3.05) is 0 Å². The van der Waals surface area contributed by atoms with Crippen LogP contribution in [-0.2, 0) is 29.2 Å². The zero-order valence-electron chi connectivity index (χ0n) is 14.5. The summed E-state index contributed by atoms with van der Waals surface area (Å²) in [4.78, 5) is 28.6. The first-order valence-electron chi connectivity index (χ1n) is 8.54. The maximum atomic E-state index is 12.7. The molecule has 1 aromatic carbocycles. The van der Waals surface area contributed by atoms with Crippen molar-refractivity contribution >= 4 is 28.6 Å². The van der Waals surface area contributed by atoms with Crippen LogP contribution in [-0.4, -0.2) is 20.1 Å². The topological polar surface area (TPSA) is 66.1 Å². The third-order valence-electron chi connectivity index (χ3n) is 4.10. The largest absolute Gasteiger partial charge is 0.461 e. The van der Waals surface area contributed by atoms with E-state index in [2.05, 4.69) is 4.98 Å². The number of rotatable bonds is 7. The number of hydrogen-bond donors (Lipinski definition) is 0. The van der Waals surface area contributed by atoms with Gasteiger partial charge in [-0.15, -0.1) is 0 Å². The van der Waals surface area contributed by atoms with E-state index in [-0.39, 0.29) is 31.2 Å². The van der Waals surface area contributed by atoms with Crippen LogP contribution in [0, 0.1) is 0 Å². The fourth-order valence-corrected chi connectivity index (χ4v) is 2.97. The van der Waals surface area contributed by atoms with Gasteiger partial charge in [0.05, 0.1) is 17.5 Å². The lowest BCUT2D eigenvalue weighted by molar-refractivity contribution is -0.145. The van der Waals surface area contributed by atoms with Gasteiger partial charge in [0.25, 0.3) is 0 Å². The van der Waals surface area contributed by atoms with Crippen LogP contribution in [0.4, 0.5) is 0 Å². The number of carbonyl (C=O) groups is 1. The summed E-state index contributed by atoms with van der Waals surface area (Å²) in [5.41, 5.74) is 2.39. The Kier molecular flexibility index (Phi) is 5.73. The normalized spacial score (nSPS) is 11.0. The number of esters is 1. The molecular formula is C19H20ClN3O3. The summed E-state index contributed by atoms with van der Waals surface area (Å²) in [6, 6.07) is 11.0. The monoisotopic (exact) mass is 373 g/mol. The predicted octanol–water partition coefficient (Wildman–Crippen LogP) is 3.39. The average Bonchev–Trinajstić information content (AvgIpc) is 2.92. The van der Waals surface area contributed by atoms with Crippen molar-refractivity contribution in [3.8, 4) is 0 Å². The van der Waals surface area contributed by atoms with E-state index >= 15 is 0 Å². The second-order valence-electron chi connectivity index (χ2n) is 5.97. The molecule has 0 fully saturated rings. The fraction of sp³-hybridized carbons (Fsp3) is 0.316. The van der Waals surface area contributed by atoms with Gasteiger partial charge in [-0.05, 0) is 24.6 Å². The van der Waals surface area contributed by atoms with E-state index in [1.807, 2.05) is 31.2 Å². The minimum atomic E-state index is -0.362. The van der Waals surface area contributed by atoms with E-state index in [0.29, 0.717) is 11.7 Å². The van der Waals surface area contributed by atoms with Gasteiger partial charge < -0.3 is 4.74 Å². The van der Waals surface area contributed by atoms with Crippen molar-refractivity contribution in [1.29, 1.82) is 0 Å². The molecule has 26 heavy (non-hydrogen) atoms. The minimum absolute atomic E-state index is 0.0947. The molecule has 2 aromatic heterocycles. The van der Waals surface area contributed by atoms with Crippen LogP contribution in [0.2, 0.25) is 5.15 Å². The third-order valence-corrected chi connectivity index (χ3v) is 4.32. The van der Waals surface area contributed by atoms with Gasteiger partial charge in [-0.2, -0.15) is 0 Å². The number of aryl methyl sites for hydroxylation is 2. The number of nitrogens with zero attached hydrogens (tertiary/aromatic N) is 3.